The van der Waals surface area contributed by atoms with Crippen molar-refractivity contribution in [3.8, 4) is 27.4 Å². The number of carbonyl (C=O) groups is 1. The summed E-state index contributed by atoms with van der Waals surface area (Å²) in [5.74, 6) is -0.414. The molecule has 0 aliphatic carbocycles. The van der Waals surface area contributed by atoms with Crippen LogP contribution in [-0.2, 0) is 11.2 Å². The fourth-order valence-electron chi connectivity index (χ4n) is 2.43. The molecule has 0 aliphatic rings. The van der Waals surface area contributed by atoms with Crippen LogP contribution in [0.15, 0.2) is 48.5 Å². The van der Waals surface area contributed by atoms with Gasteiger partial charge in [0.25, 0.3) is 0 Å². The molecule has 2 aromatic carbocycles. The number of methoxy groups -OCH3 is 1. The van der Waals surface area contributed by atoms with Crippen LogP contribution in [0, 0.1) is 5.82 Å². The number of hydrogen-bond acceptors (Lipinski definition) is 4. The highest BCUT2D eigenvalue weighted by molar-refractivity contribution is 7.15. The van der Waals surface area contributed by atoms with Crippen molar-refractivity contribution in [2.45, 2.75) is 12.8 Å². The Morgan fingerprint density at radius 2 is 1.76 bits per heavy atom. The third-order valence-corrected chi connectivity index (χ3v) is 4.86. The van der Waals surface area contributed by atoms with Crippen LogP contribution in [0.5, 0.6) is 5.75 Å². The number of aryl methyl sites for hydroxylation is 1. The van der Waals surface area contributed by atoms with E-state index in [4.69, 9.17) is 9.84 Å². The van der Waals surface area contributed by atoms with Gasteiger partial charge in [0, 0.05) is 12.0 Å². The smallest absolute Gasteiger partial charge is 0.303 e. The molecule has 0 spiro atoms. The van der Waals surface area contributed by atoms with E-state index >= 15 is 0 Å². The molecule has 0 radical (unpaired) electrons. The molecule has 0 saturated heterocycles. The topological polar surface area (TPSA) is 59.4 Å². The second-order valence-electron chi connectivity index (χ2n) is 5.41. The van der Waals surface area contributed by atoms with Crippen molar-refractivity contribution in [2.24, 2.45) is 0 Å². The van der Waals surface area contributed by atoms with Crippen LogP contribution in [0.3, 0.4) is 0 Å². The van der Waals surface area contributed by atoms with Crippen molar-refractivity contribution in [3.63, 3.8) is 0 Å². The van der Waals surface area contributed by atoms with Gasteiger partial charge in [0.1, 0.15) is 11.6 Å². The second-order valence-corrected chi connectivity index (χ2v) is 6.50. The zero-order chi connectivity index (χ0) is 17.8. The number of rotatable bonds is 6. The Hall–Kier alpha value is -2.73. The summed E-state index contributed by atoms with van der Waals surface area (Å²) in [5, 5.41) is 9.64. The summed E-state index contributed by atoms with van der Waals surface area (Å²) in [4.78, 5) is 16.4. The van der Waals surface area contributed by atoms with Gasteiger partial charge < -0.3 is 9.84 Å². The van der Waals surface area contributed by atoms with Crippen LogP contribution in [0.25, 0.3) is 21.7 Å². The Kier molecular flexibility index (Phi) is 5.09. The highest BCUT2D eigenvalue weighted by Crippen LogP contribution is 2.37. The number of ether oxygens (including phenoxy) is 1. The summed E-state index contributed by atoms with van der Waals surface area (Å²) < 4.78 is 18.4. The van der Waals surface area contributed by atoms with Crippen LogP contribution in [-0.4, -0.2) is 23.2 Å². The van der Waals surface area contributed by atoms with Gasteiger partial charge in [-0.1, -0.05) is 0 Å². The second kappa shape index (κ2) is 7.44. The number of thiazole rings is 1. The molecule has 0 unspecified atom stereocenters. The van der Waals surface area contributed by atoms with E-state index in [0.717, 1.165) is 32.5 Å². The number of halogens is 1. The number of benzene rings is 2. The molecule has 3 rings (SSSR count). The SMILES string of the molecule is COc1ccc(-c2sc(CCC(=O)O)nc2-c2ccc(F)cc2)cc1. The molecule has 1 heterocycles. The quantitative estimate of drug-likeness (QED) is 0.698. The van der Waals surface area contributed by atoms with Crippen LogP contribution in [0.1, 0.15) is 11.4 Å². The highest BCUT2D eigenvalue weighted by Gasteiger charge is 2.16. The number of aromatic nitrogens is 1. The van der Waals surface area contributed by atoms with E-state index in [1.807, 2.05) is 24.3 Å². The van der Waals surface area contributed by atoms with Crippen LogP contribution in [0.4, 0.5) is 4.39 Å². The number of carboxylic acid groups (broad SMARTS) is 1. The summed E-state index contributed by atoms with van der Waals surface area (Å²) >= 11 is 1.46. The first-order valence-corrected chi connectivity index (χ1v) is 8.50. The predicted molar refractivity (Wildman–Crippen MR) is 95.5 cm³/mol. The molecule has 25 heavy (non-hydrogen) atoms. The Bertz CT molecular complexity index is 873. The third kappa shape index (κ3) is 4.03. The van der Waals surface area contributed by atoms with Crippen molar-refractivity contribution in [1.82, 2.24) is 4.98 Å². The van der Waals surface area contributed by atoms with Gasteiger partial charge >= 0.3 is 5.97 Å². The molecule has 3 aromatic rings. The first-order chi connectivity index (χ1) is 12.1. The Balaban J connectivity index is 2.03. The predicted octanol–water partition coefficient (Wildman–Crippen LogP) is 4.64. The molecule has 1 N–H and O–H groups in total. The summed E-state index contributed by atoms with van der Waals surface area (Å²) in [6.45, 7) is 0. The van der Waals surface area contributed by atoms with E-state index in [2.05, 4.69) is 4.98 Å². The number of aliphatic carboxylic acids is 1. The van der Waals surface area contributed by atoms with Crippen LogP contribution in [0.2, 0.25) is 0 Å². The van der Waals surface area contributed by atoms with Crippen molar-refractivity contribution in [3.05, 3.63) is 59.4 Å². The van der Waals surface area contributed by atoms with Gasteiger partial charge in [-0.05, 0) is 54.1 Å². The van der Waals surface area contributed by atoms with Gasteiger partial charge in [-0.25, -0.2) is 9.37 Å². The van der Waals surface area contributed by atoms with Crippen LogP contribution >= 0.6 is 11.3 Å². The molecule has 0 saturated carbocycles. The molecule has 0 atom stereocenters. The molecule has 128 valence electrons. The average molecular weight is 357 g/mol. The Labute approximate surface area is 148 Å². The Morgan fingerprint density at radius 1 is 1.12 bits per heavy atom. The molecule has 1 aromatic heterocycles. The van der Waals surface area contributed by atoms with E-state index in [9.17, 15) is 9.18 Å². The lowest BCUT2D eigenvalue weighted by Gasteiger charge is -2.04. The van der Waals surface area contributed by atoms with E-state index in [0.29, 0.717) is 6.42 Å². The Morgan fingerprint density at radius 3 is 2.36 bits per heavy atom. The summed E-state index contributed by atoms with van der Waals surface area (Å²) in [6, 6.07) is 13.7. The molecule has 6 heteroatoms. The monoisotopic (exact) mass is 357 g/mol. The highest BCUT2D eigenvalue weighted by atomic mass is 32.1. The van der Waals surface area contributed by atoms with E-state index in [-0.39, 0.29) is 12.2 Å². The molecule has 0 amide bonds. The number of nitrogens with zero attached hydrogens (tertiary/aromatic N) is 1. The lowest BCUT2D eigenvalue weighted by atomic mass is 10.1. The fraction of sp³-hybridized carbons (Fsp3) is 0.158. The lowest BCUT2D eigenvalue weighted by Crippen LogP contribution is -1.96. The summed E-state index contributed by atoms with van der Waals surface area (Å²) in [7, 11) is 1.61. The van der Waals surface area contributed by atoms with E-state index < -0.39 is 5.97 Å². The van der Waals surface area contributed by atoms with Gasteiger partial charge in [-0.15, -0.1) is 11.3 Å². The van der Waals surface area contributed by atoms with Crippen molar-refractivity contribution in [2.75, 3.05) is 7.11 Å². The number of hydrogen-bond donors (Lipinski definition) is 1. The number of carboxylic acids is 1. The van der Waals surface area contributed by atoms with Gasteiger partial charge in [0.05, 0.1) is 29.1 Å². The molecule has 0 bridgehead atoms. The minimum absolute atomic E-state index is 0.0262. The molecule has 0 aliphatic heterocycles. The van der Waals surface area contributed by atoms with Gasteiger partial charge in [0.2, 0.25) is 0 Å². The average Bonchev–Trinajstić information content (AvgIpc) is 3.05. The van der Waals surface area contributed by atoms with E-state index in [1.165, 1.54) is 23.5 Å². The minimum atomic E-state index is -0.857. The maximum absolute atomic E-state index is 13.2. The standard InChI is InChI=1S/C19H16FNO3S/c1-24-15-8-4-13(5-9-15)19-18(12-2-6-14(20)7-3-12)21-16(25-19)10-11-17(22)23/h2-9H,10-11H2,1H3,(H,22,23). The first kappa shape index (κ1) is 17.1. The fourth-order valence-corrected chi connectivity index (χ4v) is 3.52. The molecular weight excluding hydrogens is 341 g/mol. The minimum Gasteiger partial charge on any atom is -0.497 e. The van der Waals surface area contributed by atoms with Crippen molar-refractivity contribution >= 4 is 17.3 Å². The molecule has 0 fully saturated rings. The van der Waals surface area contributed by atoms with Crippen LogP contribution < -0.4 is 4.74 Å². The van der Waals surface area contributed by atoms with E-state index in [1.54, 1.807) is 19.2 Å². The largest absolute Gasteiger partial charge is 0.497 e. The summed E-state index contributed by atoms with van der Waals surface area (Å²) in [5.41, 5.74) is 2.49. The maximum atomic E-state index is 13.2. The lowest BCUT2D eigenvalue weighted by molar-refractivity contribution is -0.136. The summed E-state index contributed by atoms with van der Waals surface area (Å²) in [6.07, 6.45) is 0.392. The zero-order valence-electron chi connectivity index (χ0n) is 13.5. The zero-order valence-corrected chi connectivity index (χ0v) is 14.3. The van der Waals surface area contributed by atoms with Crippen molar-refractivity contribution < 1.29 is 19.0 Å². The molecular formula is C19H16FNO3S. The maximum Gasteiger partial charge on any atom is 0.303 e. The first-order valence-electron chi connectivity index (χ1n) is 7.68. The normalized spacial score (nSPS) is 10.6. The van der Waals surface area contributed by atoms with Gasteiger partial charge in [0.15, 0.2) is 0 Å². The van der Waals surface area contributed by atoms with Gasteiger partial charge in [-0.3, -0.25) is 4.79 Å². The molecule has 4 nitrogen and oxygen atoms in total. The third-order valence-electron chi connectivity index (χ3n) is 3.69. The van der Waals surface area contributed by atoms with Crippen molar-refractivity contribution in [1.29, 1.82) is 0 Å². The van der Waals surface area contributed by atoms with Gasteiger partial charge in [-0.2, -0.15) is 0 Å².